The van der Waals surface area contributed by atoms with Gasteiger partial charge in [0.25, 0.3) is 0 Å². The van der Waals surface area contributed by atoms with E-state index in [2.05, 4.69) is 27.0 Å². The highest BCUT2D eigenvalue weighted by atomic mass is 79.9. The Bertz CT molecular complexity index is 415. The third-order valence-electron chi connectivity index (χ3n) is 1.59. The number of hydrogen-bond donors (Lipinski definition) is 1. The van der Waals surface area contributed by atoms with Gasteiger partial charge in [0.05, 0.1) is 10.2 Å². The summed E-state index contributed by atoms with van der Waals surface area (Å²) < 4.78 is 2.22. The first-order valence-corrected chi connectivity index (χ1v) is 5.16. The van der Waals surface area contributed by atoms with Gasteiger partial charge in [-0.25, -0.2) is 4.98 Å². The summed E-state index contributed by atoms with van der Waals surface area (Å²) in [7, 11) is 0. The molecule has 0 bridgehead atoms. The van der Waals surface area contributed by atoms with Crippen molar-refractivity contribution in [3.8, 4) is 0 Å². The Balaban J connectivity index is 0.000000845. The molecule has 1 aromatic heterocycles. The van der Waals surface area contributed by atoms with E-state index in [1.54, 1.807) is 11.3 Å². The number of fused-ring (bicyclic) bond motifs is 1. The average Bonchev–Trinajstić information content (AvgIpc) is 2.49. The predicted molar refractivity (Wildman–Crippen MR) is 62.5 cm³/mol. The van der Waals surface area contributed by atoms with Crippen molar-refractivity contribution in [1.29, 1.82) is 0 Å². The molecule has 0 aliphatic carbocycles. The Kier molecular flexibility index (Phi) is 3.67. The number of nitrogens with zero attached hydrogens (tertiary/aromatic N) is 1. The Labute approximate surface area is 94.7 Å². The van der Waals surface area contributed by atoms with Gasteiger partial charge in [-0.3, -0.25) is 0 Å². The molecule has 0 saturated carbocycles. The second kappa shape index (κ2) is 4.37. The summed E-state index contributed by atoms with van der Waals surface area (Å²) in [5, 5.41) is 0.983. The van der Waals surface area contributed by atoms with Crippen LogP contribution in [0.4, 0.5) is 0 Å². The summed E-state index contributed by atoms with van der Waals surface area (Å²) in [6.07, 6.45) is 0. The first-order chi connectivity index (χ1) is 5.81. The standard InChI is InChI=1S/C8H7BrN2S.ClH/c9-5-2-1-3-6-8(5)11-7(4-10)12-6;/h1-3H,4,10H2;1H. The molecular formula is C8H8BrClN2S. The lowest BCUT2D eigenvalue weighted by atomic mass is 10.3. The van der Waals surface area contributed by atoms with Gasteiger partial charge in [-0.05, 0) is 28.1 Å². The van der Waals surface area contributed by atoms with Crippen LogP contribution in [0.2, 0.25) is 0 Å². The molecule has 0 unspecified atom stereocenters. The fourth-order valence-electron chi connectivity index (χ4n) is 1.05. The molecule has 0 fully saturated rings. The lowest BCUT2D eigenvalue weighted by Gasteiger charge is -1.88. The maximum absolute atomic E-state index is 5.50. The van der Waals surface area contributed by atoms with Crippen molar-refractivity contribution < 1.29 is 0 Å². The number of aromatic nitrogens is 1. The van der Waals surface area contributed by atoms with Crippen molar-refractivity contribution in [3.63, 3.8) is 0 Å². The number of thiazole rings is 1. The van der Waals surface area contributed by atoms with Gasteiger partial charge < -0.3 is 5.73 Å². The van der Waals surface area contributed by atoms with Crippen LogP contribution in [0, 0.1) is 0 Å². The van der Waals surface area contributed by atoms with Crippen LogP contribution in [0.3, 0.4) is 0 Å². The molecule has 0 atom stereocenters. The second-order valence-electron chi connectivity index (χ2n) is 2.40. The van der Waals surface area contributed by atoms with E-state index in [1.165, 1.54) is 4.70 Å². The lowest BCUT2D eigenvalue weighted by molar-refractivity contribution is 1.05. The van der Waals surface area contributed by atoms with Crippen LogP contribution in [0.5, 0.6) is 0 Å². The highest BCUT2D eigenvalue weighted by Crippen LogP contribution is 2.27. The van der Waals surface area contributed by atoms with E-state index in [0.717, 1.165) is 15.0 Å². The maximum Gasteiger partial charge on any atom is 0.107 e. The zero-order valence-corrected chi connectivity index (χ0v) is 9.88. The first-order valence-electron chi connectivity index (χ1n) is 3.55. The van der Waals surface area contributed by atoms with Gasteiger partial charge in [0, 0.05) is 11.0 Å². The number of halogens is 2. The van der Waals surface area contributed by atoms with Gasteiger partial charge in [-0.1, -0.05) is 6.07 Å². The molecule has 0 aliphatic heterocycles. The van der Waals surface area contributed by atoms with Crippen LogP contribution in [-0.4, -0.2) is 4.98 Å². The Morgan fingerprint density at radius 2 is 2.23 bits per heavy atom. The van der Waals surface area contributed by atoms with Crippen molar-refractivity contribution >= 4 is 49.9 Å². The van der Waals surface area contributed by atoms with E-state index in [1.807, 2.05) is 12.1 Å². The van der Waals surface area contributed by atoms with Crippen molar-refractivity contribution in [2.75, 3.05) is 0 Å². The molecule has 0 saturated heterocycles. The minimum absolute atomic E-state index is 0. The van der Waals surface area contributed by atoms with Crippen molar-refractivity contribution in [1.82, 2.24) is 4.98 Å². The van der Waals surface area contributed by atoms with E-state index in [4.69, 9.17) is 5.73 Å². The van der Waals surface area contributed by atoms with Crippen LogP contribution in [0.25, 0.3) is 10.2 Å². The normalized spacial score (nSPS) is 10.0. The quantitative estimate of drug-likeness (QED) is 0.872. The third-order valence-corrected chi connectivity index (χ3v) is 3.27. The maximum atomic E-state index is 5.50. The number of para-hydroxylation sites is 1. The first kappa shape index (κ1) is 10.9. The van der Waals surface area contributed by atoms with Crippen molar-refractivity contribution in [2.45, 2.75) is 6.54 Å². The van der Waals surface area contributed by atoms with Gasteiger partial charge in [-0.15, -0.1) is 23.7 Å². The minimum atomic E-state index is 0. The molecule has 0 spiro atoms. The van der Waals surface area contributed by atoms with E-state index in [0.29, 0.717) is 6.54 Å². The van der Waals surface area contributed by atoms with E-state index < -0.39 is 0 Å². The summed E-state index contributed by atoms with van der Waals surface area (Å²) in [5.41, 5.74) is 6.51. The molecule has 13 heavy (non-hydrogen) atoms. The topological polar surface area (TPSA) is 38.9 Å². The lowest BCUT2D eigenvalue weighted by Crippen LogP contribution is -1.93. The monoisotopic (exact) mass is 278 g/mol. The molecule has 1 aromatic carbocycles. The molecule has 0 radical (unpaired) electrons. The fourth-order valence-corrected chi connectivity index (χ4v) is 2.51. The van der Waals surface area contributed by atoms with Crippen LogP contribution < -0.4 is 5.73 Å². The molecular weight excluding hydrogens is 272 g/mol. The number of rotatable bonds is 1. The van der Waals surface area contributed by atoms with Crippen LogP contribution in [-0.2, 0) is 6.54 Å². The average molecular weight is 280 g/mol. The molecule has 1 heterocycles. The molecule has 2 rings (SSSR count). The highest BCUT2D eigenvalue weighted by molar-refractivity contribution is 9.10. The summed E-state index contributed by atoms with van der Waals surface area (Å²) in [6.45, 7) is 0.520. The van der Waals surface area contributed by atoms with Gasteiger partial charge in [0.2, 0.25) is 0 Å². The summed E-state index contributed by atoms with van der Waals surface area (Å²) in [5.74, 6) is 0. The second-order valence-corrected chi connectivity index (χ2v) is 4.37. The molecule has 2 nitrogen and oxygen atoms in total. The zero-order chi connectivity index (χ0) is 8.55. The van der Waals surface area contributed by atoms with Crippen molar-refractivity contribution in [3.05, 3.63) is 27.7 Å². The number of hydrogen-bond acceptors (Lipinski definition) is 3. The van der Waals surface area contributed by atoms with Gasteiger partial charge in [0.1, 0.15) is 5.01 Å². The van der Waals surface area contributed by atoms with Gasteiger partial charge in [-0.2, -0.15) is 0 Å². The Morgan fingerprint density at radius 1 is 1.46 bits per heavy atom. The molecule has 2 N–H and O–H groups in total. The van der Waals surface area contributed by atoms with Gasteiger partial charge in [0.15, 0.2) is 0 Å². The SMILES string of the molecule is Cl.NCc1nc2c(Br)cccc2s1. The summed E-state index contributed by atoms with van der Waals surface area (Å²) >= 11 is 5.09. The molecule has 0 amide bonds. The minimum Gasteiger partial charge on any atom is -0.325 e. The highest BCUT2D eigenvalue weighted by Gasteiger charge is 2.03. The number of nitrogens with two attached hydrogens (primary N) is 1. The number of benzene rings is 1. The van der Waals surface area contributed by atoms with Gasteiger partial charge >= 0.3 is 0 Å². The largest absolute Gasteiger partial charge is 0.325 e. The smallest absolute Gasteiger partial charge is 0.107 e. The molecule has 5 heteroatoms. The Morgan fingerprint density at radius 3 is 2.85 bits per heavy atom. The van der Waals surface area contributed by atoms with E-state index in [9.17, 15) is 0 Å². The fraction of sp³-hybridized carbons (Fsp3) is 0.125. The summed E-state index contributed by atoms with van der Waals surface area (Å²) in [4.78, 5) is 4.38. The van der Waals surface area contributed by atoms with Crippen LogP contribution >= 0.6 is 39.7 Å². The predicted octanol–water partition coefficient (Wildman–Crippen LogP) is 2.94. The van der Waals surface area contributed by atoms with Crippen LogP contribution in [0.1, 0.15) is 5.01 Å². The van der Waals surface area contributed by atoms with Crippen molar-refractivity contribution in [2.24, 2.45) is 5.73 Å². The van der Waals surface area contributed by atoms with E-state index >= 15 is 0 Å². The van der Waals surface area contributed by atoms with Crippen LogP contribution in [0.15, 0.2) is 22.7 Å². The molecule has 70 valence electrons. The zero-order valence-electron chi connectivity index (χ0n) is 6.66. The molecule has 0 aliphatic rings. The van der Waals surface area contributed by atoms with E-state index in [-0.39, 0.29) is 12.4 Å². The molecule has 2 aromatic rings. The Hall–Kier alpha value is -0.160. The summed E-state index contributed by atoms with van der Waals surface area (Å²) in [6, 6.07) is 6.05. The third kappa shape index (κ3) is 2.02.